The maximum Gasteiger partial charge on any atom is 0.274 e. The molecule has 0 aliphatic carbocycles. The number of halogens is 2. The van der Waals surface area contributed by atoms with E-state index >= 15 is 0 Å². The van der Waals surface area contributed by atoms with Crippen LogP contribution < -0.4 is 5.73 Å². The van der Waals surface area contributed by atoms with Crippen molar-refractivity contribution in [1.29, 1.82) is 0 Å². The van der Waals surface area contributed by atoms with Gasteiger partial charge in [0.1, 0.15) is 0 Å². The molecule has 1 heterocycles. The van der Waals surface area contributed by atoms with Gasteiger partial charge in [-0.25, -0.2) is 0 Å². The molecule has 7 heteroatoms. The first-order valence-electron chi connectivity index (χ1n) is 4.82. The lowest BCUT2D eigenvalue weighted by Gasteiger charge is -2.10. The van der Waals surface area contributed by atoms with Gasteiger partial charge in [-0.15, -0.1) is 23.7 Å². The molecule has 0 saturated heterocycles. The summed E-state index contributed by atoms with van der Waals surface area (Å²) in [5.74, 6) is 0. The third-order valence-electron chi connectivity index (χ3n) is 2.37. The molecule has 1 aromatic carbocycles. The van der Waals surface area contributed by atoms with Gasteiger partial charge in [-0.2, -0.15) is 0 Å². The first kappa shape index (κ1) is 14.9. The van der Waals surface area contributed by atoms with Crippen molar-refractivity contribution in [3.05, 3.63) is 61.3 Å². The Morgan fingerprint density at radius 3 is 2.67 bits per heavy atom. The predicted octanol–water partition coefficient (Wildman–Crippen LogP) is 3.78. The van der Waals surface area contributed by atoms with Gasteiger partial charge in [0.15, 0.2) is 0 Å². The van der Waals surface area contributed by atoms with Crippen molar-refractivity contribution >= 4 is 41.0 Å². The van der Waals surface area contributed by atoms with Crippen LogP contribution in [0.2, 0.25) is 5.02 Å². The van der Waals surface area contributed by atoms with Crippen LogP contribution in [0.3, 0.4) is 0 Å². The van der Waals surface area contributed by atoms with Crippen molar-refractivity contribution in [1.82, 2.24) is 0 Å². The SMILES string of the molecule is Cl.N[C@H](c1cccs1)c1cc(Cl)ccc1[N+](=O)[O-]. The van der Waals surface area contributed by atoms with Crippen molar-refractivity contribution in [2.24, 2.45) is 5.73 Å². The summed E-state index contributed by atoms with van der Waals surface area (Å²) in [5.41, 5.74) is 6.45. The summed E-state index contributed by atoms with van der Waals surface area (Å²) in [7, 11) is 0. The molecular formula is C11H10Cl2N2O2S. The van der Waals surface area contributed by atoms with Crippen LogP contribution in [0, 0.1) is 10.1 Å². The normalized spacial score (nSPS) is 11.7. The Bertz CT molecular complexity index is 546. The van der Waals surface area contributed by atoms with E-state index in [1.807, 2.05) is 17.5 Å². The molecule has 18 heavy (non-hydrogen) atoms. The molecule has 0 saturated carbocycles. The number of nitrogens with two attached hydrogens (primary N) is 1. The van der Waals surface area contributed by atoms with Gasteiger partial charge in [0.2, 0.25) is 0 Å². The van der Waals surface area contributed by atoms with E-state index in [1.165, 1.54) is 23.5 Å². The number of nitro benzene ring substituents is 1. The van der Waals surface area contributed by atoms with Gasteiger partial charge < -0.3 is 5.73 Å². The molecule has 2 rings (SSSR count). The third kappa shape index (κ3) is 3.00. The molecule has 0 amide bonds. The lowest BCUT2D eigenvalue weighted by Crippen LogP contribution is -2.12. The highest BCUT2D eigenvalue weighted by Gasteiger charge is 2.21. The first-order chi connectivity index (χ1) is 8.09. The Morgan fingerprint density at radius 1 is 1.39 bits per heavy atom. The van der Waals surface area contributed by atoms with Crippen molar-refractivity contribution in [3.63, 3.8) is 0 Å². The lowest BCUT2D eigenvalue weighted by molar-refractivity contribution is -0.385. The van der Waals surface area contributed by atoms with Crippen molar-refractivity contribution in [2.75, 3.05) is 0 Å². The highest BCUT2D eigenvalue weighted by atomic mass is 35.5. The Labute approximate surface area is 119 Å². The van der Waals surface area contributed by atoms with E-state index in [2.05, 4.69) is 0 Å². The molecule has 0 bridgehead atoms. The van der Waals surface area contributed by atoms with Crippen LogP contribution in [0.15, 0.2) is 35.7 Å². The summed E-state index contributed by atoms with van der Waals surface area (Å²) in [6.07, 6.45) is 0. The molecule has 4 nitrogen and oxygen atoms in total. The number of thiophene rings is 1. The van der Waals surface area contributed by atoms with E-state index in [-0.39, 0.29) is 18.1 Å². The minimum Gasteiger partial charge on any atom is -0.319 e. The van der Waals surface area contributed by atoms with Gasteiger partial charge in [-0.3, -0.25) is 10.1 Å². The Morgan fingerprint density at radius 2 is 2.11 bits per heavy atom. The number of nitro groups is 1. The van der Waals surface area contributed by atoms with E-state index in [1.54, 1.807) is 6.07 Å². The molecule has 0 aliphatic rings. The zero-order valence-electron chi connectivity index (χ0n) is 9.08. The second kappa shape index (κ2) is 6.15. The van der Waals surface area contributed by atoms with Gasteiger partial charge >= 0.3 is 0 Å². The average Bonchev–Trinajstić information content (AvgIpc) is 2.80. The van der Waals surface area contributed by atoms with Gasteiger partial charge in [-0.1, -0.05) is 17.7 Å². The van der Waals surface area contributed by atoms with E-state index in [0.29, 0.717) is 10.6 Å². The van der Waals surface area contributed by atoms with Gasteiger partial charge in [0.05, 0.1) is 16.5 Å². The number of rotatable bonds is 3. The highest BCUT2D eigenvalue weighted by Crippen LogP contribution is 2.32. The topological polar surface area (TPSA) is 69.2 Å². The maximum atomic E-state index is 10.9. The third-order valence-corrected chi connectivity index (χ3v) is 3.56. The van der Waals surface area contributed by atoms with Crippen molar-refractivity contribution in [3.8, 4) is 0 Å². The summed E-state index contributed by atoms with van der Waals surface area (Å²) < 4.78 is 0. The van der Waals surface area contributed by atoms with E-state index in [9.17, 15) is 10.1 Å². The predicted molar refractivity (Wildman–Crippen MR) is 75.7 cm³/mol. The van der Waals surface area contributed by atoms with Crippen LogP contribution >= 0.6 is 35.3 Å². The molecule has 0 fully saturated rings. The smallest absolute Gasteiger partial charge is 0.274 e. The monoisotopic (exact) mass is 304 g/mol. The largest absolute Gasteiger partial charge is 0.319 e. The maximum absolute atomic E-state index is 10.9. The molecule has 96 valence electrons. The molecule has 0 spiro atoms. The number of nitrogens with zero attached hydrogens (tertiary/aromatic N) is 1. The molecule has 1 atom stereocenters. The van der Waals surface area contributed by atoms with Crippen LogP contribution in [-0.2, 0) is 0 Å². The Hall–Kier alpha value is -1.14. The summed E-state index contributed by atoms with van der Waals surface area (Å²) in [6, 6.07) is 7.60. The fraction of sp³-hybridized carbons (Fsp3) is 0.0909. The first-order valence-corrected chi connectivity index (χ1v) is 6.08. The quantitative estimate of drug-likeness (QED) is 0.693. The summed E-state index contributed by atoms with van der Waals surface area (Å²) in [4.78, 5) is 11.3. The Balaban J connectivity index is 0.00000162. The molecule has 1 aromatic heterocycles. The summed E-state index contributed by atoms with van der Waals surface area (Å²) in [5, 5.41) is 13.2. The van der Waals surface area contributed by atoms with Gasteiger partial charge in [0, 0.05) is 16.0 Å². The fourth-order valence-corrected chi connectivity index (χ4v) is 2.49. The second-order valence-corrected chi connectivity index (χ2v) is 4.87. The summed E-state index contributed by atoms with van der Waals surface area (Å²) in [6.45, 7) is 0. The second-order valence-electron chi connectivity index (χ2n) is 3.45. The van der Waals surface area contributed by atoms with Crippen LogP contribution in [0.4, 0.5) is 5.69 Å². The van der Waals surface area contributed by atoms with Crippen molar-refractivity contribution < 1.29 is 4.92 Å². The molecule has 0 aliphatic heterocycles. The molecule has 0 unspecified atom stereocenters. The number of hydrogen-bond acceptors (Lipinski definition) is 4. The number of hydrogen-bond donors (Lipinski definition) is 1. The standard InChI is InChI=1S/C11H9ClN2O2S.ClH/c12-7-3-4-9(14(15)16)8(6-7)11(13)10-2-1-5-17-10;/h1-6,11H,13H2;1H/t11-;/m0./s1. The summed E-state index contributed by atoms with van der Waals surface area (Å²) >= 11 is 7.31. The van der Waals surface area contributed by atoms with Gasteiger partial charge in [0.25, 0.3) is 5.69 Å². The highest BCUT2D eigenvalue weighted by molar-refractivity contribution is 7.10. The zero-order chi connectivity index (χ0) is 12.4. The fourth-order valence-electron chi connectivity index (χ4n) is 1.56. The van der Waals surface area contributed by atoms with Crippen LogP contribution in [0.5, 0.6) is 0 Å². The van der Waals surface area contributed by atoms with Crippen molar-refractivity contribution in [2.45, 2.75) is 6.04 Å². The van der Waals surface area contributed by atoms with Gasteiger partial charge in [-0.05, 0) is 23.6 Å². The van der Waals surface area contributed by atoms with Crippen LogP contribution in [0.1, 0.15) is 16.5 Å². The van der Waals surface area contributed by atoms with Crippen LogP contribution in [-0.4, -0.2) is 4.92 Å². The minimum atomic E-state index is -0.519. The van der Waals surface area contributed by atoms with E-state index in [0.717, 1.165) is 4.88 Å². The molecule has 0 radical (unpaired) electrons. The molecule has 2 N–H and O–H groups in total. The van der Waals surface area contributed by atoms with Crippen LogP contribution in [0.25, 0.3) is 0 Å². The Kier molecular flexibility index (Phi) is 5.10. The zero-order valence-corrected chi connectivity index (χ0v) is 11.5. The molecule has 2 aromatic rings. The minimum absolute atomic E-state index is 0. The lowest BCUT2D eigenvalue weighted by atomic mass is 10.0. The molecular weight excluding hydrogens is 295 g/mol. The number of benzene rings is 1. The van der Waals surface area contributed by atoms with E-state index in [4.69, 9.17) is 17.3 Å². The average molecular weight is 305 g/mol. The van der Waals surface area contributed by atoms with E-state index < -0.39 is 11.0 Å².